The second-order valence-electron chi connectivity index (χ2n) is 5.81. The van der Waals surface area contributed by atoms with Crippen LogP contribution in [-0.2, 0) is 14.8 Å². The highest BCUT2D eigenvalue weighted by molar-refractivity contribution is 7.93. The molecule has 3 rings (SSSR count). The molecule has 0 unspecified atom stereocenters. The number of rotatable bonds is 4. The highest BCUT2D eigenvalue weighted by atomic mass is 32.2. The summed E-state index contributed by atoms with van der Waals surface area (Å²) in [6.45, 7) is 0.530. The molecule has 1 N–H and O–H groups in total. The first-order valence-corrected chi connectivity index (χ1v) is 9.22. The Morgan fingerprint density at radius 3 is 2.64 bits per heavy atom. The zero-order valence-electron chi connectivity index (χ0n) is 12.4. The van der Waals surface area contributed by atoms with Crippen LogP contribution in [0.1, 0.15) is 25.7 Å². The van der Waals surface area contributed by atoms with Crippen molar-refractivity contribution in [3.63, 3.8) is 0 Å². The summed E-state index contributed by atoms with van der Waals surface area (Å²) >= 11 is 0. The van der Waals surface area contributed by atoms with Gasteiger partial charge in [-0.25, -0.2) is 8.42 Å². The van der Waals surface area contributed by atoms with Crippen molar-refractivity contribution in [2.75, 3.05) is 21.9 Å². The number of benzene rings is 1. The smallest absolute Gasteiger partial charge is 0.235 e. The molecular formula is C16H20N2O3S. The molecule has 0 saturated carbocycles. The molecule has 6 heteroatoms. The van der Waals surface area contributed by atoms with Crippen molar-refractivity contribution in [1.29, 1.82) is 0 Å². The van der Waals surface area contributed by atoms with Gasteiger partial charge in [-0.1, -0.05) is 12.2 Å². The van der Waals surface area contributed by atoms with E-state index in [1.165, 1.54) is 4.31 Å². The first-order valence-electron chi connectivity index (χ1n) is 7.61. The molecular weight excluding hydrogens is 300 g/mol. The number of hydrogen-bond donors (Lipinski definition) is 1. The summed E-state index contributed by atoms with van der Waals surface area (Å²) in [5.41, 5.74) is 1.36. The number of anilines is 2. The molecule has 1 aromatic carbocycles. The topological polar surface area (TPSA) is 66.5 Å². The normalized spacial score (nSPS) is 22.9. The Balaban J connectivity index is 1.62. The quantitative estimate of drug-likeness (QED) is 0.867. The van der Waals surface area contributed by atoms with Crippen LogP contribution in [0, 0.1) is 5.92 Å². The molecule has 1 aliphatic carbocycles. The second kappa shape index (κ2) is 6.12. The van der Waals surface area contributed by atoms with Crippen molar-refractivity contribution < 1.29 is 13.2 Å². The Kier molecular flexibility index (Phi) is 4.20. The lowest BCUT2D eigenvalue weighted by atomic mass is 10.1. The van der Waals surface area contributed by atoms with Gasteiger partial charge in [-0.3, -0.25) is 9.10 Å². The molecule has 0 radical (unpaired) electrons. The summed E-state index contributed by atoms with van der Waals surface area (Å²) in [6, 6.07) is 7.00. The molecule has 118 valence electrons. The fourth-order valence-electron chi connectivity index (χ4n) is 2.96. The summed E-state index contributed by atoms with van der Waals surface area (Å²) in [4.78, 5) is 12.0. The van der Waals surface area contributed by atoms with Crippen LogP contribution in [0.5, 0.6) is 0 Å². The number of hydrogen-bond acceptors (Lipinski definition) is 3. The van der Waals surface area contributed by atoms with Gasteiger partial charge in [0.05, 0.1) is 11.4 Å². The van der Waals surface area contributed by atoms with Gasteiger partial charge >= 0.3 is 0 Å². The lowest BCUT2D eigenvalue weighted by molar-refractivity contribution is -0.116. The molecule has 1 amide bonds. The number of nitrogens with zero attached hydrogens (tertiary/aromatic N) is 1. The summed E-state index contributed by atoms with van der Waals surface area (Å²) < 4.78 is 25.2. The van der Waals surface area contributed by atoms with Gasteiger partial charge in [-0.2, -0.15) is 0 Å². The molecule has 1 atom stereocenters. The third kappa shape index (κ3) is 3.32. The van der Waals surface area contributed by atoms with Crippen molar-refractivity contribution in [2.45, 2.75) is 25.7 Å². The minimum atomic E-state index is -3.15. The van der Waals surface area contributed by atoms with Gasteiger partial charge in [-0.15, -0.1) is 0 Å². The maximum atomic E-state index is 12.0. The van der Waals surface area contributed by atoms with Gasteiger partial charge in [0.15, 0.2) is 0 Å². The van der Waals surface area contributed by atoms with Crippen LogP contribution in [0.3, 0.4) is 0 Å². The highest BCUT2D eigenvalue weighted by Gasteiger charge is 2.28. The molecule has 0 bridgehead atoms. The average Bonchev–Trinajstić information content (AvgIpc) is 3.09. The van der Waals surface area contributed by atoms with E-state index in [2.05, 4.69) is 17.5 Å². The van der Waals surface area contributed by atoms with Crippen LogP contribution in [0.15, 0.2) is 36.4 Å². The van der Waals surface area contributed by atoms with Gasteiger partial charge in [0.25, 0.3) is 0 Å². The summed E-state index contributed by atoms with van der Waals surface area (Å²) in [7, 11) is -3.15. The minimum Gasteiger partial charge on any atom is -0.326 e. The molecule has 2 aliphatic rings. The van der Waals surface area contributed by atoms with Gasteiger partial charge in [0.2, 0.25) is 15.9 Å². The summed E-state index contributed by atoms with van der Waals surface area (Å²) in [6.07, 6.45) is 7.47. The Bertz CT molecular complexity index is 680. The standard InChI is InChI=1S/C16H20N2O3S/c19-16(12-13-4-1-2-5-13)17-14-6-8-15(9-7-14)18-10-3-11-22(18,20)21/h1,4,6-9,13H,2-3,5,10-12H2,(H,17,19)/t13-/m1/s1. The van der Waals surface area contributed by atoms with E-state index in [4.69, 9.17) is 0 Å². The van der Waals surface area contributed by atoms with Crippen molar-refractivity contribution in [3.05, 3.63) is 36.4 Å². The molecule has 1 fully saturated rings. The number of nitrogens with one attached hydrogen (secondary N) is 1. The Morgan fingerprint density at radius 1 is 1.27 bits per heavy atom. The van der Waals surface area contributed by atoms with E-state index in [9.17, 15) is 13.2 Å². The lowest BCUT2D eigenvalue weighted by Crippen LogP contribution is -2.25. The van der Waals surface area contributed by atoms with E-state index in [1.54, 1.807) is 24.3 Å². The maximum absolute atomic E-state index is 12.0. The fourth-order valence-corrected chi connectivity index (χ4v) is 4.52. The largest absolute Gasteiger partial charge is 0.326 e. The van der Waals surface area contributed by atoms with E-state index in [0.717, 1.165) is 12.8 Å². The molecule has 5 nitrogen and oxygen atoms in total. The lowest BCUT2D eigenvalue weighted by Gasteiger charge is -2.17. The number of amides is 1. The number of allylic oxidation sites excluding steroid dienone is 2. The predicted octanol–water partition coefficient (Wildman–Crippen LogP) is 2.52. The van der Waals surface area contributed by atoms with Gasteiger partial charge < -0.3 is 5.32 Å². The number of sulfonamides is 1. The maximum Gasteiger partial charge on any atom is 0.235 e. The monoisotopic (exact) mass is 320 g/mol. The van der Waals surface area contributed by atoms with Crippen LogP contribution in [0.2, 0.25) is 0 Å². The second-order valence-corrected chi connectivity index (χ2v) is 7.82. The summed E-state index contributed by atoms with van der Waals surface area (Å²) in [5.74, 6) is 0.549. The minimum absolute atomic E-state index is 0.00176. The average molecular weight is 320 g/mol. The highest BCUT2D eigenvalue weighted by Crippen LogP contribution is 2.26. The number of carbonyl (C=O) groups is 1. The van der Waals surface area contributed by atoms with Crippen molar-refractivity contribution >= 4 is 27.3 Å². The third-order valence-corrected chi connectivity index (χ3v) is 5.97. The first-order chi connectivity index (χ1) is 10.5. The summed E-state index contributed by atoms with van der Waals surface area (Å²) in [5, 5.41) is 2.87. The zero-order chi connectivity index (χ0) is 15.6. The van der Waals surface area contributed by atoms with E-state index in [0.29, 0.717) is 36.7 Å². The molecule has 0 aromatic heterocycles. The van der Waals surface area contributed by atoms with Crippen molar-refractivity contribution in [3.8, 4) is 0 Å². The van der Waals surface area contributed by atoms with Gasteiger partial charge in [-0.05, 0) is 49.4 Å². The molecule has 1 saturated heterocycles. The van der Waals surface area contributed by atoms with Gasteiger partial charge in [0, 0.05) is 18.7 Å². The first kappa shape index (κ1) is 15.1. The van der Waals surface area contributed by atoms with Crippen LogP contribution in [0.4, 0.5) is 11.4 Å². The molecule has 1 aliphatic heterocycles. The fraction of sp³-hybridized carbons (Fsp3) is 0.438. The van der Waals surface area contributed by atoms with Crippen LogP contribution >= 0.6 is 0 Å². The third-order valence-electron chi connectivity index (χ3n) is 4.10. The molecule has 0 spiro atoms. The van der Waals surface area contributed by atoms with E-state index in [-0.39, 0.29) is 11.7 Å². The van der Waals surface area contributed by atoms with Crippen LogP contribution in [0.25, 0.3) is 0 Å². The predicted molar refractivity (Wildman–Crippen MR) is 87.3 cm³/mol. The van der Waals surface area contributed by atoms with Crippen molar-refractivity contribution in [1.82, 2.24) is 0 Å². The number of carbonyl (C=O) groups excluding carboxylic acids is 1. The molecule has 1 aromatic rings. The van der Waals surface area contributed by atoms with E-state index < -0.39 is 10.0 Å². The van der Waals surface area contributed by atoms with E-state index >= 15 is 0 Å². The van der Waals surface area contributed by atoms with E-state index in [1.807, 2.05) is 0 Å². The van der Waals surface area contributed by atoms with Crippen LogP contribution in [-0.4, -0.2) is 26.6 Å². The van der Waals surface area contributed by atoms with Crippen LogP contribution < -0.4 is 9.62 Å². The molecule has 22 heavy (non-hydrogen) atoms. The Morgan fingerprint density at radius 2 is 2.05 bits per heavy atom. The zero-order valence-corrected chi connectivity index (χ0v) is 13.2. The van der Waals surface area contributed by atoms with Crippen molar-refractivity contribution in [2.24, 2.45) is 5.92 Å². The molecule has 1 heterocycles. The Labute approximate surface area is 131 Å². The Hall–Kier alpha value is -1.82. The van der Waals surface area contributed by atoms with Gasteiger partial charge in [0.1, 0.15) is 0 Å². The SMILES string of the molecule is O=C(C[C@@H]1C=CCC1)Nc1ccc(N2CCCS2(=O)=O)cc1.